The number of nitrogens with two attached hydrogens (primary N) is 1. The topological polar surface area (TPSA) is 62.3 Å². The van der Waals surface area contributed by atoms with Crippen LogP contribution in [0, 0.1) is 0 Å². The fourth-order valence-corrected chi connectivity index (χ4v) is 1.87. The van der Waals surface area contributed by atoms with Crippen molar-refractivity contribution in [3.05, 3.63) is 11.9 Å². The zero-order chi connectivity index (χ0) is 12.1. The van der Waals surface area contributed by atoms with Crippen LogP contribution in [-0.2, 0) is 11.3 Å². The minimum atomic E-state index is -0.215. The van der Waals surface area contributed by atoms with Gasteiger partial charge in [-0.25, -0.2) is 0 Å². The number of nitrogens with zero attached hydrogens (tertiary/aromatic N) is 2. The van der Waals surface area contributed by atoms with Crippen LogP contribution < -0.4 is 10.5 Å². The Morgan fingerprint density at radius 2 is 2.12 bits per heavy atom. The summed E-state index contributed by atoms with van der Waals surface area (Å²) < 4.78 is 12.5. The van der Waals surface area contributed by atoms with E-state index in [1.165, 1.54) is 0 Å². The average molecular weight is 227 g/mol. The molecule has 2 atom stereocenters. The molecule has 0 saturated carbocycles. The highest BCUT2D eigenvalue weighted by atomic mass is 16.5. The minimum Gasteiger partial charge on any atom is -0.493 e. The first-order valence-electron chi connectivity index (χ1n) is 5.57. The molecule has 0 aliphatic heterocycles. The second-order valence-electron chi connectivity index (χ2n) is 3.62. The van der Waals surface area contributed by atoms with Crippen molar-refractivity contribution in [3.63, 3.8) is 0 Å². The fraction of sp³-hybridized carbons (Fsp3) is 0.727. The molecule has 0 radical (unpaired) electrons. The van der Waals surface area contributed by atoms with E-state index in [2.05, 4.69) is 5.10 Å². The van der Waals surface area contributed by atoms with Crippen molar-refractivity contribution in [2.75, 3.05) is 14.2 Å². The van der Waals surface area contributed by atoms with Gasteiger partial charge >= 0.3 is 0 Å². The highest BCUT2D eigenvalue weighted by molar-refractivity contribution is 5.28. The monoisotopic (exact) mass is 227 g/mol. The van der Waals surface area contributed by atoms with Crippen LogP contribution in [-0.4, -0.2) is 30.1 Å². The molecule has 0 amide bonds. The molecule has 0 aromatic carbocycles. The molecule has 1 rings (SSSR count). The zero-order valence-corrected chi connectivity index (χ0v) is 10.4. The predicted molar refractivity (Wildman–Crippen MR) is 62.5 cm³/mol. The molecule has 5 heteroatoms. The Balaban J connectivity index is 3.03. The maximum atomic E-state index is 6.19. The smallest absolute Gasteiger partial charge is 0.161 e. The maximum absolute atomic E-state index is 6.19. The predicted octanol–water partition coefficient (Wildman–Crippen LogP) is 1.34. The lowest BCUT2D eigenvalue weighted by Crippen LogP contribution is -2.30. The largest absolute Gasteiger partial charge is 0.493 e. The third-order valence-electron chi connectivity index (χ3n) is 2.79. The van der Waals surface area contributed by atoms with Gasteiger partial charge in [0.2, 0.25) is 0 Å². The summed E-state index contributed by atoms with van der Waals surface area (Å²) >= 11 is 0. The summed E-state index contributed by atoms with van der Waals surface area (Å²) in [6.45, 7) is 4.84. The van der Waals surface area contributed by atoms with Crippen LogP contribution in [0.2, 0.25) is 0 Å². The maximum Gasteiger partial charge on any atom is 0.161 e. The Kier molecular flexibility index (Phi) is 4.76. The van der Waals surface area contributed by atoms with Crippen molar-refractivity contribution in [1.29, 1.82) is 0 Å². The quantitative estimate of drug-likeness (QED) is 0.796. The Labute approximate surface area is 96.5 Å². The molecule has 92 valence electrons. The normalized spacial score (nSPS) is 14.8. The van der Waals surface area contributed by atoms with Crippen molar-refractivity contribution < 1.29 is 9.47 Å². The summed E-state index contributed by atoms with van der Waals surface area (Å²) in [4.78, 5) is 0. The van der Waals surface area contributed by atoms with E-state index >= 15 is 0 Å². The summed E-state index contributed by atoms with van der Waals surface area (Å²) in [5, 5.41) is 4.23. The standard InChI is InChI=1S/C11H21N3O2/c1-5-8(15-3)10(12)11-9(16-4)7-13-14(11)6-2/h7-8,10H,5-6,12H2,1-4H3. The van der Waals surface area contributed by atoms with Crippen LogP contribution in [0.4, 0.5) is 0 Å². The van der Waals surface area contributed by atoms with Crippen molar-refractivity contribution in [2.45, 2.75) is 39.0 Å². The molecule has 0 aliphatic carbocycles. The van der Waals surface area contributed by atoms with E-state index in [0.717, 1.165) is 24.4 Å². The van der Waals surface area contributed by atoms with Gasteiger partial charge in [0.1, 0.15) is 0 Å². The second kappa shape index (κ2) is 5.86. The van der Waals surface area contributed by atoms with E-state index in [0.29, 0.717) is 0 Å². The Morgan fingerprint density at radius 1 is 1.44 bits per heavy atom. The van der Waals surface area contributed by atoms with E-state index in [1.54, 1.807) is 20.4 Å². The molecule has 0 fully saturated rings. The lowest BCUT2D eigenvalue weighted by atomic mass is 10.1. The molecule has 16 heavy (non-hydrogen) atoms. The highest BCUT2D eigenvalue weighted by Gasteiger charge is 2.24. The first-order valence-corrected chi connectivity index (χ1v) is 5.57. The van der Waals surface area contributed by atoms with Gasteiger partial charge in [0.05, 0.1) is 31.1 Å². The Hall–Kier alpha value is -1.07. The summed E-state index contributed by atoms with van der Waals surface area (Å²) in [6.07, 6.45) is 2.53. The average Bonchev–Trinajstić information content (AvgIpc) is 2.72. The van der Waals surface area contributed by atoms with Crippen LogP contribution >= 0.6 is 0 Å². The van der Waals surface area contributed by atoms with Crippen molar-refractivity contribution in [1.82, 2.24) is 9.78 Å². The summed E-state index contributed by atoms with van der Waals surface area (Å²) in [5.41, 5.74) is 7.09. The summed E-state index contributed by atoms with van der Waals surface area (Å²) in [6, 6.07) is -0.215. The van der Waals surface area contributed by atoms with Crippen LogP contribution in [0.15, 0.2) is 6.20 Å². The van der Waals surface area contributed by atoms with Gasteiger partial charge in [0.25, 0.3) is 0 Å². The van der Waals surface area contributed by atoms with Gasteiger partial charge in [-0.15, -0.1) is 0 Å². The van der Waals surface area contributed by atoms with Gasteiger partial charge in [-0.3, -0.25) is 4.68 Å². The molecule has 0 aliphatic rings. The number of methoxy groups -OCH3 is 2. The van der Waals surface area contributed by atoms with Gasteiger partial charge in [-0.2, -0.15) is 5.10 Å². The molecule has 2 unspecified atom stereocenters. The third-order valence-corrected chi connectivity index (χ3v) is 2.79. The number of hydrogen-bond acceptors (Lipinski definition) is 4. The van der Waals surface area contributed by atoms with E-state index < -0.39 is 0 Å². The number of ether oxygens (including phenoxy) is 2. The van der Waals surface area contributed by atoms with Crippen LogP contribution in [0.5, 0.6) is 5.75 Å². The summed E-state index contributed by atoms with van der Waals surface area (Å²) in [7, 11) is 3.30. The zero-order valence-electron chi connectivity index (χ0n) is 10.4. The number of aromatic nitrogens is 2. The first-order chi connectivity index (χ1) is 7.69. The van der Waals surface area contributed by atoms with E-state index in [4.69, 9.17) is 15.2 Å². The third kappa shape index (κ3) is 2.36. The van der Waals surface area contributed by atoms with Gasteiger partial charge in [-0.1, -0.05) is 6.92 Å². The number of hydrogen-bond donors (Lipinski definition) is 1. The van der Waals surface area contributed by atoms with Crippen molar-refractivity contribution in [3.8, 4) is 5.75 Å². The number of aryl methyl sites for hydroxylation is 1. The highest BCUT2D eigenvalue weighted by Crippen LogP contribution is 2.27. The van der Waals surface area contributed by atoms with Crippen molar-refractivity contribution >= 4 is 0 Å². The van der Waals surface area contributed by atoms with Gasteiger partial charge < -0.3 is 15.2 Å². The molecule has 1 aromatic rings. The molecule has 1 aromatic heterocycles. The second-order valence-corrected chi connectivity index (χ2v) is 3.62. The van der Waals surface area contributed by atoms with Gasteiger partial charge in [0, 0.05) is 13.7 Å². The van der Waals surface area contributed by atoms with Crippen molar-refractivity contribution in [2.24, 2.45) is 5.73 Å². The molecular weight excluding hydrogens is 206 g/mol. The Morgan fingerprint density at radius 3 is 2.56 bits per heavy atom. The van der Waals surface area contributed by atoms with Crippen LogP contribution in [0.3, 0.4) is 0 Å². The van der Waals surface area contributed by atoms with E-state index in [-0.39, 0.29) is 12.1 Å². The molecule has 5 nitrogen and oxygen atoms in total. The van der Waals surface area contributed by atoms with Gasteiger partial charge in [0.15, 0.2) is 5.75 Å². The summed E-state index contributed by atoms with van der Waals surface area (Å²) in [5.74, 6) is 0.727. The van der Waals surface area contributed by atoms with Gasteiger partial charge in [-0.05, 0) is 13.3 Å². The number of rotatable bonds is 6. The molecular formula is C11H21N3O2. The Bertz CT molecular complexity index is 300. The lowest BCUT2D eigenvalue weighted by molar-refractivity contribution is 0.0739. The SMILES string of the molecule is CCC(OC)C(N)c1c(OC)cnn1CC. The van der Waals surface area contributed by atoms with E-state index in [1.807, 2.05) is 18.5 Å². The molecule has 1 heterocycles. The van der Waals surface area contributed by atoms with E-state index in [9.17, 15) is 0 Å². The van der Waals surface area contributed by atoms with Crippen LogP contribution in [0.25, 0.3) is 0 Å². The molecule has 0 saturated heterocycles. The molecule has 2 N–H and O–H groups in total. The molecule has 0 spiro atoms. The fourth-order valence-electron chi connectivity index (χ4n) is 1.87. The first kappa shape index (κ1) is 13.0. The minimum absolute atomic E-state index is 0.0177. The molecule has 0 bridgehead atoms. The lowest BCUT2D eigenvalue weighted by Gasteiger charge is -2.22. The van der Waals surface area contributed by atoms with Crippen LogP contribution in [0.1, 0.15) is 32.0 Å².